The van der Waals surface area contributed by atoms with Gasteiger partial charge in [-0.25, -0.2) is 0 Å². The Labute approximate surface area is 126 Å². The minimum Gasteiger partial charge on any atom is -0.351 e. The van der Waals surface area contributed by atoms with Crippen LogP contribution in [-0.2, 0) is 10.2 Å². The highest BCUT2D eigenvalue weighted by Crippen LogP contribution is 2.26. The minimum atomic E-state index is -0.236. The molecule has 1 saturated heterocycles. The maximum Gasteiger partial charge on any atom is 0.251 e. The summed E-state index contributed by atoms with van der Waals surface area (Å²) in [6.07, 6.45) is 0. The fraction of sp³-hybridized carbons (Fsp3) is 0.529. The van der Waals surface area contributed by atoms with Crippen molar-refractivity contribution in [1.29, 1.82) is 0 Å². The molecule has 2 N–H and O–H groups in total. The summed E-state index contributed by atoms with van der Waals surface area (Å²) in [6, 6.07) is 7.63. The van der Waals surface area contributed by atoms with E-state index in [2.05, 4.69) is 31.4 Å². The maximum atomic E-state index is 12.1. The van der Waals surface area contributed by atoms with Crippen LogP contribution >= 0.6 is 0 Å². The molecule has 0 aliphatic carbocycles. The highest BCUT2D eigenvalue weighted by molar-refractivity contribution is 5.95. The predicted octanol–water partition coefficient (Wildman–Crippen LogP) is 2.24. The van der Waals surface area contributed by atoms with Crippen LogP contribution in [0.1, 0.15) is 50.5 Å². The fourth-order valence-corrected chi connectivity index (χ4v) is 2.51. The van der Waals surface area contributed by atoms with Gasteiger partial charge in [0.15, 0.2) is 0 Å². The SMILES string of the molecule is CC(C)(C)c1ccc(C(=O)NC[C@@H]2C(=O)NC2(C)C)cc1. The molecule has 4 nitrogen and oxygen atoms in total. The second-order valence-electron chi connectivity index (χ2n) is 7.30. The molecule has 1 heterocycles. The van der Waals surface area contributed by atoms with Gasteiger partial charge < -0.3 is 10.6 Å². The summed E-state index contributed by atoms with van der Waals surface area (Å²) in [5, 5.41) is 5.67. The van der Waals surface area contributed by atoms with Crippen molar-refractivity contribution >= 4 is 11.8 Å². The molecule has 2 amide bonds. The number of benzene rings is 1. The highest BCUT2D eigenvalue weighted by Gasteiger charge is 2.45. The summed E-state index contributed by atoms with van der Waals surface area (Å²) in [5.74, 6) is -0.287. The second kappa shape index (κ2) is 5.17. The van der Waals surface area contributed by atoms with Crippen LogP contribution in [0.3, 0.4) is 0 Å². The molecule has 1 aliphatic rings. The van der Waals surface area contributed by atoms with Crippen molar-refractivity contribution in [1.82, 2.24) is 10.6 Å². The van der Waals surface area contributed by atoms with Gasteiger partial charge in [0.2, 0.25) is 5.91 Å². The summed E-state index contributed by atoms with van der Waals surface area (Å²) in [5.41, 5.74) is 1.66. The zero-order chi connectivity index (χ0) is 15.8. The van der Waals surface area contributed by atoms with Gasteiger partial charge in [-0.15, -0.1) is 0 Å². The standard InChI is InChI=1S/C17H24N2O2/c1-16(2,3)12-8-6-11(7-9-12)14(20)18-10-13-15(21)19-17(13,4)5/h6-9,13H,10H2,1-5H3,(H,18,20)(H,19,21)/t13-/m1/s1. The Balaban J connectivity index is 1.96. The van der Waals surface area contributed by atoms with Gasteiger partial charge in [0, 0.05) is 17.6 Å². The average Bonchev–Trinajstić information content (AvgIpc) is 2.36. The first-order chi connectivity index (χ1) is 9.61. The number of carbonyl (C=O) groups excluding carboxylic acids is 2. The van der Waals surface area contributed by atoms with Crippen LogP contribution < -0.4 is 10.6 Å². The lowest BCUT2D eigenvalue weighted by molar-refractivity contribution is -0.139. The molecule has 0 unspecified atom stereocenters. The van der Waals surface area contributed by atoms with Crippen LogP contribution in [-0.4, -0.2) is 23.9 Å². The van der Waals surface area contributed by atoms with Crippen molar-refractivity contribution in [2.75, 3.05) is 6.54 Å². The third-order valence-electron chi connectivity index (χ3n) is 4.11. The minimum absolute atomic E-state index is 0.00313. The number of hydrogen-bond acceptors (Lipinski definition) is 2. The number of amides is 2. The zero-order valence-corrected chi connectivity index (χ0v) is 13.4. The van der Waals surface area contributed by atoms with Crippen LogP contribution in [0.4, 0.5) is 0 Å². The molecule has 1 aromatic rings. The summed E-state index contributed by atoms with van der Waals surface area (Å²) in [7, 11) is 0. The normalized spacial score (nSPS) is 20.4. The van der Waals surface area contributed by atoms with Gasteiger partial charge in [-0.3, -0.25) is 9.59 Å². The third kappa shape index (κ3) is 3.26. The van der Waals surface area contributed by atoms with E-state index in [0.29, 0.717) is 12.1 Å². The third-order valence-corrected chi connectivity index (χ3v) is 4.11. The topological polar surface area (TPSA) is 58.2 Å². The summed E-state index contributed by atoms with van der Waals surface area (Å²) < 4.78 is 0. The van der Waals surface area contributed by atoms with E-state index >= 15 is 0 Å². The van der Waals surface area contributed by atoms with Crippen molar-refractivity contribution in [3.8, 4) is 0 Å². The monoisotopic (exact) mass is 288 g/mol. The number of nitrogens with one attached hydrogen (secondary N) is 2. The molecule has 0 aromatic heterocycles. The van der Waals surface area contributed by atoms with E-state index in [-0.39, 0.29) is 28.7 Å². The smallest absolute Gasteiger partial charge is 0.251 e. The average molecular weight is 288 g/mol. The Morgan fingerprint density at radius 2 is 1.81 bits per heavy atom. The fourth-order valence-electron chi connectivity index (χ4n) is 2.51. The number of β-lactam (4-membered cyclic amide) rings is 1. The molecule has 0 saturated carbocycles. The lowest BCUT2D eigenvalue weighted by Crippen LogP contribution is -2.68. The Kier molecular flexibility index (Phi) is 3.83. The Hall–Kier alpha value is -1.84. The maximum absolute atomic E-state index is 12.1. The quantitative estimate of drug-likeness (QED) is 0.838. The first kappa shape index (κ1) is 15.5. The van der Waals surface area contributed by atoms with Crippen LogP contribution in [0.15, 0.2) is 24.3 Å². The molecule has 1 fully saturated rings. The van der Waals surface area contributed by atoms with Gasteiger partial charge in [0.05, 0.1) is 5.92 Å². The number of hydrogen-bond donors (Lipinski definition) is 2. The van der Waals surface area contributed by atoms with E-state index in [1.807, 2.05) is 38.1 Å². The zero-order valence-electron chi connectivity index (χ0n) is 13.4. The van der Waals surface area contributed by atoms with Crippen molar-refractivity contribution in [2.24, 2.45) is 5.92 Å². The molecule has 1 aromatic carbocycles. The molecule has 0 spiro atoms. The molecule has 1 atom stereocenters. The Bertz CT molecular complexity index is 553. The second-order valence-corrected chi connectivity index (χ2v) is 7.30. The van der Waals surface area contributed by atoms with Crippen LogP contribution in [0.25, 0.3) is 0 Å². The van der Waals surface area contributed by atoms with E-state index in [4.69, 9.17) is 0 Å². The molecule has 21 heavy (non-hydrogen) atoms. The Morgan fingerprint density at radius 3 is 2.24 bits per heavy atom. The highest BCUT2D eigenvalue weighted by atomic mass is 16.2. The van der Waals surface area contributed by atoms with Gasteiger partial charge in [-0.05, 0) is 37.0 Å². The molecule has 0 bridgehead atoms. The van der Waals surface area contributed by atoms with E-state index in [9.17, 15) is 9.59 Å². The molecule has 1 aliphatic heterocycles. The molecule has 0 radical (unpaired) electrons. The van der Waals surface area contributed by atoms with Gasteiger partial charge in [0.1, 0.15) is 0 Å². The molecule has 2 rings (SSSR count). The number of carbonyl (C=O) groups is 2. The molecular weight excluding hydrogens is 264 g/mol. The lowest BCUT2D eigenvalue weighted by Gasteiger charge is -2.44. The van der Waals surface area contributed by atoms with Gasteiger partial charge in [0.25, 0.3) is 5.91 Å². The van der Waals surface area contributed by atoms with Crippen LogP contribution in [0.5, 0.6) is 0 Å². The van der Waals surface area contributed by atoms with Crippen molar-refractivity contribution < 1.29 is 9.59 Å². The van der Waals surface area contributed by atoms with Gasteiger partial charge in [-0.2, -0.15) is 0 Å². The van der Waals surface area contributed by atoms with E-state index < -0.39 is 0 Å². The summed E-state index contributed by atoms with van der Waals surface area (Å²) in [6.45, 7) is 10.7. The van der Waals surface area contributed by atoms with Crippen molar-refractivity contribution in [2.45, 2.75) is 45.6 Å². The molecule has 4 heteroatoms. The summed E-state index contributed by atoms with van der Waals surface area (Å²) >= 11 is 0. The van der Waals surface area contributed by atoms with Crippen molar-refractivity contribution in [3.63, 3.8) is 0 Å². The van der Waals surface area contributed by atoms with E-state index in [1.54, 1.807) is 0 Å². The lowest BCUT2D eigenvalue weighted by atomic mass is 9.79. The predicted molar refractivity (Wildman–Crippen MR) is 83.2 cm³/mol. The first-order valence-corrected chi connectivity index (χ1v) is 7.32. The molecule has 114 valence electrons. The van der Waals surface area contributed by atoms with Crippen LogP contribution in [0.2, 0.25) is 0 Å². The van der Waals surface area contributed by atoms with Crippen LogP contribution in [0, 0.1) is 5.92 Å². The largest absolute Gasteiger partial charge is 0.351 e. The molecular formula is C17H24N2O2. The summed E-state index contributed by atoms with van der Waals surface area (Å²) in [4.78, 5) is 23.6. The van der Waals surface area contributed by atoms with Crippen molar-refractivity contribution in [3.05, 3.63) is 35.4 Å². The first-order valence-electron chi connectivity index (χ1n) is 7.32. The van der Waals surface area contributed by atoms with Gasteiger partial charge in [-0.1, -0.05) is 32.9 Å². The van der Waals surface area contributed by atoms with E-state index in [1.165, 1.54) is 5.56 Å². The van der Waals surface area contributed by atoms with E-state index in [0.717, 1.165) is 0 Å². The number of rotatable bonds is 3. The van der Waals surface area contributed by atoms with Gasteiger partial charge >= 0.3 is 0 Å². The Morgan fingerprint density at radius 1 is 1.24 bits per heavy atom.